The largest absolute Gasteiger partial charge is 0.493 e. The molecule has 0 aliphatic carbocycles. The third kappa shape index (κ3) is 6.51. The van der Waals surface area contributed by atoms with Crippen LogP contribution < -0.4 is 9.64 Å². The van der Waals surface area contributed by atoms with Gasteiger partial charge in [0.05, 0.1) is 12.2 Å². The average Bonchev–Trinajstić information content (AvgIpc) is 3.33. The Kier molecular flexibility index (Phi) is 8.59. The van der Waals surface area contributed by atoms with Crippen LogP contribution in [0.2, 0.25) is 0 Å². The van der Waals surface area contributed by atoms with Gasteiger partial charge in [0, 0.05) is 43.5 Å². The first kappa shape index (κ1) is 25.4. The third-order valence-corrected chi connectivity index (χ3v) is 7.56. The van der Waals surface area contributed by atoms with Gasteiger partial charge >= 0.3 is 0 Å². The number of rotatable bonds is 10. The van der Waals surface area contributed by atoms with E-state index in [1.165, 1.54) is 29.0 Å². The Hall–Kier alpha value is -2.68. The molecule has 4 rings (SSSR count). The van der Waals surface area contributed by atoms with E-state index in [9.17, 15) is 8.78 Å². The van der Waals surface area contributed by atoms with Crippen LogP contribution in [0.4, 0.5) is 14.7 Å². The molecule has 3 heterocycles. The zero-order valence-corrected chi connectivity index (χ0v) is 21.5. The Labute approximate surface area is 209 Å². The standard InChI is InChI=1S/C26H33F2N5OS/c1-4-6-19-15-29-26(30-16-19)33-10-8-18(9-11-33)7-5-12-34-20-13-21(27)23(22(28)14-20)25-32-31-24(35-25)17(2)3/h13-18H,4-12H2,1-3H3. The summed E-state index contributed by atoms with van der Waals surface area (Å²) in [4.78, 5) is 11.3. The minimum atomic E-state index is -0.677. The van der Waals surface area contributed by atoms with Crippen LogP contribution in [0.1, 0.15) is 69.4 Å². The minimum Gasteiger partial charge on any atom is -0.493 e. The van der Waals surface area contributed by atoms with E-state index < -0.39 is 11.6 Å². The van der Waals surface area contributed by atoms with Crippen LogP contribution in [-0.4, -0.2) is 39.9 Å². The van der Waals surface area contributed by atoms with Gasteiger partial charge in [-0.25, -0.2) is 18.7 Å². The fraction of sp³-hybridized carbons (Fsp3) is 0.538. The molecule has 0 N–H and O–H groups in total. The number of nitrogens with zero attached hydrogens (tertiary/aromatic N) is 5. The van der Waals surface area contributed by atoms with Gasteiger partial charge in [-0.1, -0.05) is 38.5 Å². The summed E-state index contributed by atoms with van der Waals surface area (Å²) in [5.74, 6) is 0.432. The van der Waals surface area contributed by atoms with Gasteiger partial charge in [0.15, 0.2) is 5.01 Å². The van der Waals surface area contributed by atoms with E-state index in [1.807, 2.05) is 26.2 Å². The second-order valence-electron chi connectivity index (χ2n) is 9.42. The van der Waals surface area contributed by atoms with Crippen molar-refractivity contribution in [2.45, 2.75) is 65.2 Å². The van der Waals surface area contributed by atoms with Gasteiger partial charge in [-0.2, -0.15) is 0 Å². The number of ether oxygens (including phenoxy) is 1. The number of aryl methyl sites for hydroxylation is 1. The van der Waals surface area contributed by atoms with E-state index in [1.54, 1.807) is 0 Å². The summed E-state index contributed by atoms with van der Waals surface area (Å²) in [5, 5.41) is 8.99. The Morgan fingerprint density at radius 3 is 2.37 bits per heavy atom. The Bertz CT molecular complexity index is 1070. The molecule has 0 amide bonds. The molecule has 6 nitrogen and oxygen atoms in total. The highest BCUT2D eigenvalue weighted by Crippen LogP contribution is 2.33. The fourth-order valence-electron chi connectivity index (χ4n) is 4.32. The zero-order chi connectivity index (χ0) is 24.8. The van der Waals surface area contributed by atoms with Crippen LogP contribution >= 0.6 is 11.3 Å². The summed E-state index contributed by atoms with van der Waals surface area (Å²) in [7, 11) is 0. The number of benzene rings is 1. The van der Waals surface area contributed by atoms with E-state index in [0.717, 1.165) is 62.6 Å². The Balaban J connectivity index is 1.22. The summed E-state index contributed by atoms with van der Waals surface area (Å²) in [6.45, 7) is 8.41. The van der Waals surface area contributed by atoms with Crippen molar-refractivity contribution in [1.29, 1.82) is 0 Å². The molecule has 1 aromatic carbocycles. The summed E-state index contributed by atoms with van der Waals surface area (Å²) in [6, 6.07) is 2.47. The molecule has 2 aromatic heterocycles. The maximum Gasteiger partial charge on any atom is 0.225 e. The van der Waals surface area contributed by atoms with Gasteiger partial charge in [-0.3, -0.25) is 0 Å². The summed E-state index contributed by atoms with van der Waals surface area (Å²) >= 11 is 1.21. The Morgan fingerprint density at radius 2 is 1.77 bits per heavy atom. The van der Waals surface area contributed by atoms with E-state index in [0.29, 0.717) is 12.5 Å². The molecule has 1 saturated heterocycles. The van der Waals surface area contributed by atoms with Crippen LogP contribution in [0, 0.1) is 17.6 Å². The van der Waals surface area contributed by atoms with Crippen molar-refractivity contribution in [2.24, 2.45) is 5.92 Å². The van der Waals surface area contributed by atoms with E-state index >= 15 is 0 Å². The molecule has 1 aliphatic heterocycles. The number of anilines is 1. The molecule has 188 valence electrons. The van der Waals surface area contributed by atoms with Gasteiger partial charge in [0.2, 0.25) is 5.95 Å². The molecule has 0 radical (unpaired) electrons. The lowest BCUT2D eigenvalue weighted by atomic mass is 9.92. The van der Waals surface area contributed by atoms with Crippen molar-refractivity contribution in [3.63, 3.8) is 0 Å². The first-order chi connectivity index (χ1) is 16.9. The normalized spacial score (nSPS) is 14.6. The van der Waals surface area contributed by atoms with E-state index in [4.69, 9.17) is 4.74 Å². The van der Waals surface area contributed by atoms with E-state index in [2.05, 4.69) is 32.0 Å². The Morgan fingerprint density at radius 1 is 1.09 bits per heavy atom. The van der Waals surface area contributed by atoms with Crippen LogP contribution in [0.5, 0.6) is 5.75 Å². The number of halogens is 2. The van der Waals surface area contributed by atoms with Crippen molar-refractivity contribution < 1.29 is 13.5 Å². The molecule has 0 atom stereocenters. The van der Waals surface area contributed by atoms with Crippen LogP contribution in [0.25, 0.3) is 10.6 Å². The van der Waals surface area contributed by atoms with Crippen molar-refractivity contribution >= 4 is 17.3 Å². The minimum absolute atomic E-state index is 0.141. The molecule has 0 bridgehead atoms. The first-order valence-corrected chi connectivity index (χ1v) is 13.3. The van der Waals surface area contributed by atoms with E-state index in [-0.39, 0.29) is 22.2 Å². The fourth-order valence-corrected chi connectivity index (χ4v) is 5.21. The highest BCUT2D eigenvalue weighted by Gasteiger charge is 2.22. The lowest BCUT2D eigenvalue weighted by Gasteiger charge is -2.32. The molecule has 1 aliphatic rings. The predicted molar refractivity (Wildman–Crippen MR) is 135 cm³/mol. The third-order valence-electron chi connectivity index (χ3n) is 6.32. The van der Waals surface area contributed by atoms with Gasteiger partial charge in [0.1, 0.15) is 22.4 Å². The maximum absolute atomic E-state index is 14.6. The highest BCUT2D eigenvalue weighted by molar-refractivity contribution is 7.14. The summed E-state index contributed by atoms with van der Waals surface area (Å²) < 4.78 is 35.0. The molecule has 1 fully saturated rings. The number of piperidine rings is 1. The van der Waals surface area contributed by atoms with Gasteiger partial charge < -0.3 is 9.64 Å². The smallest absolute Gasteiger partial charge is 0.225 e. The van der Waals surface area contributed by atoms with Crippen molar-refractivity contribution in [3.8, 4) is 16.3 Å². The van der Waals surface area contributed by atoms with Crippen LogP contribution in [0.3, 0.4) is 0 Å². The molecule has 3 aromatic rings. The molecule has 0 spiro atoms. The van der Waals surface area contributed by atoms with Gasteiger partial charge in [0.25, 0.3) is 0 Å². The van der Waals surface area contributed by atoms with Crippen molar-refractivity contribution in [1.82, 2.24) is 20.2 Å². The first-order valence-electron chi connectivity index (χ1n) is 12.5. The van der Waals surface area contributed by atoms with Crippen LogP contribution in [-0.2, 0) is 6.42 Å². The second-order valence-corrected chi connectivity index (χ2v) is 10.4. The average molecular weight is 502 g/mol. The monoisotopic (exact) mass is 501 g/mol. The molecule has 0 unspecified atom stereocenters. The topological polar surface area (TPSA) is 64.0 Å². The number of hydrogen-bond acceptors (Lipinski definition) is 7. The van der Waals surface area contributed by atoms with Gasteiger partial charge in [-0.05, 0) is 43.6 Å². The van der Waals surface area contributed by atoms with Crippen molar-refractivity contribution in [2.75, 3.05) is 24.6 Å². The summed E-state index contributed by atoms with van der Waals surface area (Å²) in [5.41, 5.74) is 1.04. The van der Waals surface area contributed by atoms with Gasteiger partial charge in [-0.15, -0.1) is 10.2 Å². The molecule has 35 heavy (non-hydrogen) atoms. The summed E-state index contributed by atoms with van der Waals surface area (Å²) in [6.07, 6.45) is 10.00. The molecule has 0 saturated carbocycles. The SMILES string of the molecule is CCCc1cnc(N2CCC(CCCOc3cc(F)c(-c4nnc(C(C)C)s4)c(F)c3)CC2)nc1. The maximum atomic E-state index is 14.6. The molecular weight excluding hydrogens is 468 g/mol. The van der Waals surface area contributed by atoms with Crippen molar-refractivity contribution in [3.05, 3.63) is 46.7 Å². The predicted octanol–water partition coefficient (Wildman–Crippen LogP) is 6.42. The quantitative estimate of drug-likeness (QED) is 0.299. The molecule has 9 heteroatoms. The molecular formula is C26H33F2N5OS. The zero-order valence-electron chi connectivity index (χ0n) is 20.6. The lowest BCUT2D eigenvalue weighted by molar-refractivity contribution is 0.277. The second kappa shape index (κ2) is 11.8. The van der Waals surface area contributed by atoms with Crippen LogP contribution in [0.15, 0.2) is 24.5 Å². The highest BCUT2D eigenvalue weighted by atomic mass is 32.1. The number of hydrogen-bond donors (Lipinski definition) is 0. The number of aromatic nitrogens is 4. The lowest BCUT2D eigenvalue weighted by Crippen LogP contribution is -2.35.